The average molecular weight is 893 g/mol. The molecule has 0 bridgehead atoms. The number of thiophene rings is 2. The molecule has 300 valence electrons. The summed E-state index contributed by atoms with van der Waals surface area (Å²) in [5.41, 5.74) is -0.842. The van der Waals surface area contributed by atoms with Crippen LogP contribution in [0, 0.1) is 20.2 Å². The fourth-order valence-electron chi connectivity index (χ4n) is 3.93. The predicted molar refractivity (Wildman–Crippen MR) is 204 cm³/mol. The van der Waals surface area contributed by atoms with Crippen molar-refractivity contribution < 1.29 is 54.2 Å². The second kappa shape index (κ2) is 17.9. The third kappa shape index (κ3) is 14.3. The summed E-state index contributed by atoms with van der Waals surface area (Å²) in [5, 5.41) is 24.1. The maximum Gasteiger partial charge on any atom is 0.424 e. The molecule has 0 radical (unpaired) electrons. The van der Waals surface area contributed by atoms with Gasteiger partial charge in [-0.05, 0) is 47.1 Å². The number of thioether (sulfide) groups is 1. The molecule has 0 fully saturated rings. The molecule has 0 saturated heterocycles. The molecule has 3 aromatic rings. The first kappa shape index (κ1) is 46.6. The number of rotatable bonds is 12. The molecule has 1 aromatic carbocycles. The van der Waals surface area contributed by atoms with Gasteiger partial charge in [0.2, 0.25) is 20.0 Å². The van der Waals surface area contributed by atoms with Crippen LogP contribution in [0.25, 0.3) is 0 Å². The van der Waals surface area contributed by atoms with E-state index in [1.54, 1.807) is 20.8 Å². The van der Waals surface area contributed by atoms with E-state index in [1.807, 2.05) is 30.3 Å². The summed E-state index contributed by atoms with van der Waals surface area (Å²) in [4.78, 5) is 45.0. The molecule has 0 N–H and O–H groups in total. The number of hydrogen-bond acceptors (Lipinski definition) is 17. The molecule has 0 aliphatic heterocycles. The normalized spacial score (nSPS) is 12.2. The van der Waals surface area contributed by atoms with Gasteiger partial charge < -0.3 is 9.47 Å². The Balaban J connectivity index is 0.000000378. The fraction of sp³-hybridized carbons (Fsp3) is 0.448. The summed E-state index contributed by atoms with van der Waals surface area (Å²) in [6, 6.07) is 9.40. The molecule has 54 heavy (non-hydrogen) atoms. The quantitative estimate of drug-likeness (QED) is 0.0774. The maximum atomic E-state index is 12.4. The lowest BCUT2D eigenvalue weighted by atomic mass is 10.2. The lowest BCUT2D eigenvalue weighted by Gasteiger charge is -2.25. The standard InChI is InChI=1S/C18H22N2O6S3.C11H15ClN2O8S3/c1-18(2,3)26-17(21)19(29(4,24)25)10-14-12-28-16(20(22)23)15(14)27-11-13-8-6-5-7-9-13;1-11(2,3)22-10(15)13(24(4,18)19)5-7-6-23-9(14(16)17)8(7)25(12,20)21/h5-9,12H,10-11H2,1-4H3;6H,5H2,1-4H3. The van der Waals surface area contributed by atoms with E-state index in [2.05, 4.69) is 0 Å². The van der Waals surface area contributed by atoms with Gasteiger partial charge in [0.15, 0.2) is 4.90 Å². The van der Waals surface area contributed by atoms with Gasteiger partial charge in [0, 0.05) is 38.3 Å². The van der Waals surface area contributed by atoms with Crippen molar-refractivity contribution in [2.45, 2.75) is 81.4 Å². The van der Waals surface area contributed by atoms with Gasteiger partial charge in [0.05, 0.1) is 35.4 Å². The SMILES string of the molecule is CC(C)(C)OC(=O)N(Cc1csc([N+](=O)[O-])c1S(=O)(=O)Cl)S(C)(=O)=O.CC(C)(C)OC(=O)N(Cc1csc([N+](=O)[O-])c1SCc1ccccc1)S(C)(=O)=O. The molecule has 2 aromatic heterocycles. The molecule has 0 atom stereocenters. The molecule has 18 nitrogen and oxygen atoms in total. The van der Waals surface area contributed by atoms with E-state index in [0.717, 1.165) is 28.5 Å². The molecule has 0 saturated carbocycles. The highest BCUT2D eigenvalue weighted by Crippen LogP contribution is 2.41. The second-order valence-corrected chi connectivity index (χ2v) is 22.0. The Kier molecular flexibility index (Phi) is 15.5. The van der Waals surface area contributed by atoms with Gasteiger partial charge in [0.1, 0.15) is 16.1 Å². The first-order valence-electron chi connectivity index (χ1n) is 14.9. The number of carbonyl (C=O) groups is 2. The zero-order valence-electron chi connectivity index (χ0n) is 30.0. The molecule has 0 spiro atoms. The highest BCUT2D eigenvalue weighted by atomic mass is 35.7. The minimum absolute atomic E-state index is 0.0847. The van der Waals surface area contributed by atoms with Crippen molar-refractivity contribution in [3.63, 3.8) is 0 Å². The van der Waals surface area contributed by atoms with Gasteiger partial charge in [-0.1, -0.05) is 53.0 Å². The summed E-state index contributed by atoms with van der Waals surface area (Å²) in [6.45, 7) is 8.29. The van der Waals surface area contributed by atoms with Crippen molar-refractivity contribution in [1.29, 1.82) is 0 Å². The van der Waals surface area contributed by atoms with Crippen LogP contribution in [0.5, 0.6) is 0 Å². The van der Waals surface area contributed by atoms with Gasteiger partial charge in [-0.2, -0.15) is 0 Å². The first-order valence-corrected chi connectivity index (χ1v) is 23.7. The van der Waals surface area contributed by atoms with Crippen molar-refractivity contribution in [2.24, 2.45) is 0 Å². The Bertz CT molecular complexity index is 2190. The third-order valence-corrected chi connectivity index (χ3v) is 13.0. The van der Waals surface area contributed by atoms with Gasteiger partial charge in [-0.15, -0.1) is 11.8 Å². The summed E-state index contributed by atoms with van der Waals surface area (Å²) in [5.74, 6) is 0.469. The van der Waals surface area contributed by atoms with Crippen LogP contribution in [0.4, 0.5) is 19.6 Å². The molecule has 0 aliphatic rings. The van der Waals surface area contributed by atoms with E-state index in [4.69, 9.17) is 20.2 Å². The minimum Gasteiger partial charge on any atom is -0.443 e. The van der Waals surface area contributed by atoms with Gasteiger partial charge in [-0.25, -0.2) is 43.5 Å². The number of ether oxygens (including phenoxy) is 2. The van der Waals surface area contributed by atoms with E-state index < -0.39 is 78.8 Å². The maximum absolute atomic E-state index is 12.4. The monoisotopic (exact) mass is 892 g/mol. The lowest BCUT2D eigenvalue weighted by molar-refractivity contribution is -0.383. The lowest BCUT2D eigenvalue weighted by Crippen LogP contribution is -2.39. The van der Waals surface area contributed by atoms with E-state index in [9.17, 15) is 55.1 Å². The number of nitro groups is 2. The Morgan fingerprint density at radius 2 is 1.17 bits per heavy atom. The Labute approximate surface area is 329 Å². The summed E-state index contributed by atoms with van der Waals surface area (Å²) < 4.78 is 82.5. The minimum atomic E-state index is -4.55. The van der Waals surface area contributed by atoms with Gasteiger partial charge in [-0.3, -0.25) is 20.2 Å². The number of nitrogens with zero attached hydrogens (tertiary/aromatic N) is 4. The van der Waals surface area contributed by atoms with Gasteiger partial charge >= 0.3 is 22.2 Å². The van der Waals surface area contributed by atoms with Crippen molar-refractivity contribution in [2.75, 3.05) is 12.5 Å². The van der Waals surface area contributed by atoms with Crippen LogP contribution in [0.15, 0.2) is 50.9 Å². The summed E-state index contributed by atoms with van der Waals surface area (Å²) >= 11 is 2.59. The largest absolute Gasteiger partial charge is 0.443 e. The first-order chi connectivity index (χ1) is 24.4. The number of sulfonamides is 2. The van der Waals surface area contributed by atoms with Crippen LogP contribution in [-0.2, 0) is 57.4 Å². The molecule has 25 heteroatoms. The van der Waals surface area contributed by atoms with Crippen LogP contribution in [0.1, 0.15) is 58.2 Å². The predicted octanol–water partition coefficient (Wildman–Crippen LogP) is 6.93. The number of halogens is 1. The number of amides is 2. The summed E-state index contributed by atoms with van der Waals surface area (Å²) in [6.07, 6.45) is -0.657. The Morgan fingerprint density at radius 1 is 0.759 bits per heavy atom. The zero-order chi connectivity index (χ0) is 41.6. The highest BCUT2D eigenvalue weighted by Gasteiger charge is 2.36. The van der Waals surface area contributed by atoms with E-state index in [-0.39, 0.29) is 21.4 Å². The van der Waals surface area contributed by atoms with Crippen LogP contribution in [0.3, 0.4) is 0 Å². The molecule has 3 rings (SSSR count). The second-order valence-electron chi connectivity index (χ2n) is 13.0. The molecular weight excluding hydrogens is 856 g/mol. The Morgan fingerprint density at radius 3 is 1.56 bits per heavy atom. The number of carbonyl (C=O) groups excluding carboxylic acids is 2. The third-order valence-electron chi connectivity index (χ3n) is 6.02. The van der Waals surface area contributed by atoms with Crippen molar-refractivity contribution >= 4 is 96.4 Å². The van der Waals surface area contributed by atoms with Crippen molar-refractivity contribution in [3.8, 4) is 0 Å². The zero-order valence-corrected chi connectivity index (χ0v) is 35.6. The van der Waals surface area contributed by atoms with Crippen LogP contribution in [0.2, 0.25) is 0 Å². The smallest absolute Gasteiger partial charge is 0.424 e. The topological polar surface area (TPSA) is 248 Å². The average Bonchev–Trinajstić information content (AvgIpc) is 3.60. The van der Waals surface area contributed by atoms with Gasteiger partial charge in [0.25, 0.3) is 9.05 Å². The van der Waals surface area contributed by atoms with E-state index in [0.29, 0.717) is 38.1 Å². The fourth-order valence-corrected chi connectivity index (χ4v) is 10.2. The van der Waals surface area contributed by atoms with Crippen LogP contribution < -0.4 is 0 Å². The van der Waals surface area contributed by atoms with Crippen LogP contribution >= 0.6 is 45.1 Å². The number of hydrogen-bond donors (Lipinski definition) is 0. The van der Waals surface area contributed by atoms with E-state index >= 15 is 0 Å². The molecule has 0 unspecified atom stereocenters. The van der Waals surface area contributed by atoms with E-state index in [1.165, 1.54) is 37.9 Å². The molecule has 2 amide bonds. The molecular formula is C29H37ClN4O14S6. The highest BCUT2D eigenvalue weighted by molar-refractivity contribution is 8.14. The van der Waals surface area contributed by atoms with Crippen LogP contribution in [-0.4, -0.2) is 79.6 Å². The molecule has 0 aliphatic carbocycles. The Hall–Kier alpha value is -3.55. The van der Waals surface area contributed by atoms with Crippen molar-refractivity contribution in [3.05, 3.63) is 78.0 Å². The summed E-state index contributed by atoms with van der Waals surface area (Å²) in [7, 11) is -7.42. The molecule has 2 heterocycles. The van der Waals surface area contributed by atoms with Crippen molar-refractivity contribution in [1.82, 2.24) is 8.61 Å². The number of benzene rings is 1.